The summed E-state index contributed by atoms with van der Waals surface area (Å²) in [5.74, 6) is 1.67. The highest BCUT2D eigenvalue weighted by atomic mass is 15.1. The Hall–Kier alpha value is -4.36. The molecule has 5 aromatic carbocycles. The van der Waals surface area contributed by atoms with Gasteiger partial charge in [-0.15, -0.1) is 0 Å². The number of nitrogens with zero attached hydrogens (tertiary/aromatic N) is 1. The van der Waals surface area contributed by atoms with Gasteiger partial charge in [0.15, 0.2) is 0 Å². The van der Waals surface area contributed by atoms with Crippen LogP contribution in [-0.2, 0) is 30.1 Å². The Labute approximate surface area is 293 Å². The smallest absolute Gasteiger partial charge is 0.0462 e. The molecule has 0 amide bonds. The zero-order valence-corrected chi connectivity index (χ0v) is 29.1. The summed E-state index contributed by atoms with van der Waals surface area (Å²) in [4.78, 5) is 2.46. The Morgan fingerprint density at radius 1 is 0.633 bits per heavy atom. The van der Waals surface area contributed by atoms with Crippen LogP contribution in [0, 0.1) is 11.8 Å². The summed E-state index contributed by atoms with van der Waals surface area (Å²) in [6.45, 7) is 6.27. The van der Waals surface area contributed by atoms with E-state index in [2.05, 4.69) is 134 Å². The number of rotatable bonds is 10. The normalized spacial score (nSPS) is 24.7. The van der Waals surface area contributed by atoms with Crippen molar-refractivity contribution < 1.29 is 0 Å². The largest absolute Gasteiger partial charge is 0.311 e. The van der Waals surface area contributed by atoms with Gasteiger partial charge in [0, 0.05) is 17.1 Å². The minimum absolute atomic E-state index is 0.282. The molecule has 0 spiro atoms. The average Bonchev–Trinajstić information content (AvgIpc) is 3.12. The summed E-state index contributed by atoms with van der Waals surface area (Å²) in [5, 5.41) is 0. The first kappa shape index (κ1) is 30.7. The number of aryl methyl sites for hydroxylation is 3. The van der Waals surface area contributed by atoms with Gasteiger partial charge in [0.2, 0.25) is 0 Å². The van der Waals surface area contributed by atoms with Crippen molar-refractivity contribution in [2.45, 2.75) is 88.4 Å². The van der Waals surface area contributed by atoms with E-state index in [4.69, 9.17) is 0 Å². The second-order valence-corrected chi connectivity index (χ2v) is 16.0. The maximum absolute atomic E-state index is 4.00. The molecule has 4 bridgehead atoms. The predicted octanol–water partition coefficient (Wildman–Crippen LogP) is 12.7. The predicted molar refractivity (Wildman–Crippen MR) is 207 cm³/mol. The molecule has 246 valence electrons. The number of benzene rings is 5. The molecule has 1 heteroatoms. The van der Waals surface area contributed by atoms with Gasteiger partial charge >= 0.3 is 0 Å². The van der Waals surface area contributed by atoms with E-state index >= 15 is 0 Å². The second kappa shape index (κ2) is 12.2. The molecule has 5 aromatic rings. The quantitative estimate of drug-likeness (QED) is 0.147. The first-order valence-corrected chi connectivity index (χ1v) is 19.0. The summed E-state index contributed by atoms with van der Waals surface area (Å²) >= 11 is 0. The van der Waals surface area contributed by atoms with E-state index in [1.165, 1.54) is 115 Å². The Morgan fingerprint density at radius 2 is 1.16 bits per heavy atom. The zero-order chi connectivity index (χ0) is 33.0. The summed E-state index contributed by atoms with van der Waals surface area (Å²) < 4.78 is 0. The van der Waals surface area contributed by atoms with Gasteiger partial charge in [0.1, 0.15) is 0 Å². The highest BCUT2D eigenvalue weighted by molar-refractivity contribution is 5.79. The highest BCUT2D eigenvalue weighted by Gasteiger charge is 2.58. The van der Waals surface area contributed by atoms with Gasteiger partial charge in [0.25, 0.3) is 0 Å². The molecule has 2 atom stereocenters. The summed E-state index contributed by atoms with van der Waals surface area (Å²) in [5.41, 5.74) is 15.7. The molecule has 0 saturated heterocycles. The molecule has 4 saturated carbocycles. The van der Waals surface area contributed by atoms with Crippen LogP contribution in [0.4, 0.5) is 17.1 Å². The molecule has 0 aromatic heterocycles. The van der Waals surface area contributed by atoms with E-state index in [1.807, 2.05) is 6.08 Å². The van der Waals surface area contributed by atoms with Crippen LogP contribution < -0.4 is 4.90 Å². The minimum Gasteiger partial charge on any atom is -0.311 e. The molecule has 2 unspecified atom stereocenters. The van der Waals surface area contributed by atoms with Crippen molar-refractivity contribution in [3.63, 3.8) is 0 Å². The summed E-state index contributed by atoms with van der Waals surface area (Å²) in [6, 6.07) is 44.8. The molecule has 1 nitrogen and oxygen atoms in total. The lowest BCUT2D eigenvalue weighted by Gasteiger charge is -2.63. The minimum atomic E-state index is 0.282. The first-order valence-electron chi connectivity index (χ1n) is 19.0. The van der Waals surface area contributed by atoms with Crippen molar-refractivity contribution in [1.82, 2.24) is 0 Å². The van der Waals surface area contributed by atoms with Gasteiger partial charge in [-0.3, -0.25) is 0 Å². The van der Waals surface area contributed by atoms with Crippen LogP contribution in [-0.4, -0.2) is 0 Å². The van der Waals surface area contributed by atoms with Gasteiger partial charge in [-0.2, -0.15) is 0 Å². The number of unbranched alkanes of at least 4 members (excludes halogenated alkanes) is 1. The maximum Gasteiger partial charge on any atom is 0.0462 e. The SMILES string of the molecule is C=Cc1ccc(C23CC4CC(C2)CC(c2ccc(N(c5ccc(CCCC)cc5)c5ccc(-c6ccc7c(c6)CC7)cc5)cc2)(C4)C3)cc1. The van der Waals surface area contributed by atoms with E-state index in [0.29, 0.717) is 5.41 Å². The van der Waals surface area contributed by atoms with E-state index in [-0.39, 0.29) is 5.41 Å². The fourth-order valence-corrected chi connectivity index (χ4v) is 10.7. The van der Waals surface area contributed by atoms with Crippen LogP contribution >= 0.6 is 0 Å². The molecule has 0 radical (unpaired) electrons. The highest BCUT2D eigenvalue weighted by Crippen LogP contribution is 2.66. The number of fused-ring (bicyclic) bond motifs is 1. The summed E-state index contributed by atoms with van der Waals surface area (Å²) in [7, 11) is 0. The topological polar surface area (TPSA) is 3.24 Å². The van der Waals surface area contributed by atoms with Crippen molar-refractivity contribution in [3.8, 4) is 11.1 Å². The molecule has 0 aliphatic heterocycles. The Balaban J connectivity index is 1.05. The third-order valence-electron chi connectivity index (χ3n) is 12.9. The van der Waals surface area contributed by atoms with Crippen LogP contribution in [0.2, 0.25) is 0 Å². The Morgan fingerprint density at radius 3 is 1.69 bits per heavy atom. The van der Waals surface area contributed by atoms with E-state index in [1.54, 1.807) is 11.1 Å². The molecule has 0 heterocycles. The fourth-order valence-electron chi connectivity index (χ4n) is 10.7. The van der Waals surface area contributed by atoms with Gasteiger partial charge in [-0.25, -0.2) is 0 Å². The summed E-state index contributed by atoms with van der Waals surface area (Å²) in [6.07, 6.45) is 16.2. The van der Waals surface area contributed by atoms with Crippen molar-refractivity contribution in [1.29, 1.82) is 0 Å². The fraction of sp³-hybridized carbons (Fsp3) is 0.333. The molecular weight excluding hydrogens is 591 g/mol. The first-order chi connectivity index (χ1) is 24.0. The van der Waals surface area contributed by atoms with E-state index in [9.17, 15) is 0 Å². The Kier molecular flexibility index (Phi) is 7.64. The number of anilines is 3. The van der Waals surface area contributed by atoms with E-state index < -0.39 is 0 Å². The lowest BCUT2D eigenvalue weighted by molar-refractivity contribution is -0.0281. The van der Waals surface area contributed by atoms with Crippen LogP contribution in [0.3, 0.4) is 0 Å². The third kappa shape index (κ3) is 5.47. The maximum atomic E-state index is 4.00. The molecule has 5 aliphatic rings. The van der Waals surface area contributed by atoms with Crippen molar-refractivity contribution in [3.05, 3.63) is 155 Å². The van der Waals surface area contributed by atoms with Crippen LogP contribution in [0.1, 0.15) is 91.7 Å². The lowest BCUT2D eigenvalue weighted by atomic mass is 9.42. The third-order valence-corrected chi connectivity index (χ3v) is 12.9. The van der Waals surface area contributed by atoms with Gasteiger partial charge in [-0.1, -0.05) is 105 Å². The molecular formula is C48H49N. The van der Waals surface area contributed by atoms with Crippen molar-refractivity contribution >= 4 is 23.1 Å². The van der Waals surface area contributed by atoms with Gasteiger partial charge in [-0.05, 0) is 168 Å². The molecule has 4 fully saturated rings. The standard InChI is InChI=1S/C48H49N/c1-3-5-6-35-9-21-44(22-10-35)49(45-23-15-39(16-24-45)41-14-12-38-11-13-40(38)28-41)46-25-19-43(20-26-46)48-31-36-27-37(32-48)30-47(29-36,33-48)42-17-7-34(4-2)8-18-42/h4,7-10,12,14-26,28,36-37H,2-3,5-6,11,13,27,29-33H2,1H3. The molecule has 0 N–H and O–H groups in total. The average molecular weight is 640 g/mol. The monoisotopic (exact) mass is 639 g/mol. The van der Waals surface area contributed by atoms with E-state index in [0.717, 1.165) is 18.3 Å². The number of hydrogen-bond acceptors (Lipinski definition) is 1. The van der Waals surface area contributed by atoms with Gasteiger partial charge in [0.05, 0.1) is 0 Å². The second-order valence-electron chi connectivity index (χ2n) is 16.0. The van der Waals surface area contributed by atoms with Crippen LogP contribution in [0.15, 0.2) is 122 Å². The van der Waals surface area contributed by atoms with Crippen LogP contribution in [0.5, 0.6) is 0 Å². The molecule has 5 aliphatic carbocycles. The molecule has 10 rings (SSSR count). The number of hydrogen-bond donors (Lipinski definition) is 0. The van der Waals surface area contributed by atoms with Gasteiger partial charge < -0.3 is 4.90 Å². The Bertz CT molecular complexity index is 1950. The van der Waals surface area contributed by atoms with Crippen LogP contribution in [0.25, 0.3) is 17.2 Å². The van der Waals surface area contributed by atoms with Crippen molar-refractivity contribution in [2.24, 2.45) is 11.8 Å². The lowest BCUT2D eigenvalue weighted by Crippen LogP contribution is -2.55. The zero-order valence-electron chi connectivity index (χ0n) is 29.1. The van der Waals surface area contributed by atoms with Crippen molar-refractivity contribution in [2.75, 3.05) is 4.90 Å². The molecule has 49 heavy (non-hydrogen) atoms.